The molecule has 0 bridgehead atoms. The van der Waals surface area contributed by atoms with Gasteiger partial charge in [-0.25, -0.2) is 0 Å². The maximum absolute atomic E-state index is 9.24. The number of pyridine rings is 1. The lowest BCUT2D eigenvalue weighted by atomic mass is 10.0. The third kappa shape index (κ3) is 1.15. The molecule has 0 saturated carbocycles. The molecule has 0 atom stereocenters. The molecule has 2 aromatic carbocycles. The topological polar surface area (TPSA) is 36.7 Å². The standard InChI is InChI=1S/C14H8N2/c15-9-13-12-6-2-1-4-10(12)8-11-5-3-7-16-14(11)13/h1-8H. The van der Waals surface area contributed by atoms with Gasteiger partial charge in [0.25, 0.3) is 0 Å². The fourth-order valence-electron chi connectivity index (χ4n) is 2.00. The quantitative estimate of drug-likeness (QED) is 0.527. The van der Waals surface area contributed by atoms with E-state index in [1.54, 1.807) is 6.20 Å². The Morgan fingerprint density at radius 3 is 2.69 bits per heavy atom. The Labute approximate surface area is 92.8 Å². The number of aromatic nitrogens is 1. The van der Waals surface area contributed by atoms with E-state index in [-0.39, 0.29) is 0 Å². The molecule has 0 radical (unpaired) electrons. The Morgan fingerprint density at radius 1 is 1.00 bits per heavy atom. The number of nitrogens with zero attached hydrogens (tertiary/aromatic N) is 2. The Hall–Kier alpha value is -2.40. The Balaban J connectivity index is 2.63. The van der Waals surface area contributed by atoms with Crippen LogP contribution >= 0.6 is 0 Å². The molecule has 0 aliphatic rings. The van der Waals surface area contributed by atoms with Gasteiger partial charge in [0.05, 0.1) is 11.1 Å². The third-order valence-electron chi connectivity index (χ3n) is 2.73. The summed E-state index contributed by atoms with van der Waals surface area (Å²) in [6.07, 6.45) is 1.72. The van der Waals surface area contributed by atoms with Crippen molar-refractivity contribution < 1.29 is 0 Å². The Morgan fingerprint density at radius 2 is 1.81 bits per heavy atom. The van der Waals surface area contributed by atoms with Crippen LogP contribution in [0.2, 0.25) is 0 Å². The lowest BCUT2D eigenvalue weighted by molar-refractivity contribution is 1.40. The van der Waals surface area contributed by atoms with Crippen molar-refractivity contribution in [2.45, 2.75) is 0 Å². The molecule has 3 rings (SSSR count). The van der Waals surface area contributed by atoms with E-state index in [0.29, 0.717) is 5.56 Å². The number of benzene rings is 2. The summed E-state index contributed by atoms with van der Waals surface area (Å²) in [7, 11) is 0. The minimum Gasteiger partial charge on any atom is -0.255 e. The molecule has 2 heteroatoms. The van der Waals surface area contributed by atoms with E-state index in [4.69, 9.17) is 0 Å². The average Bonchev–Trinajstić information content (AvgIpc) is 2.36. The summed E-state index contributed by atoms with van der Waals surface area (Å²) in [6.45, 7) is 0. The highest BCUT2D eigenvalue weighted by Gasteiger charge is 2.06. The number of nitriles is 1. The fraction of sp³-hybridized carbons (Fsp3) is 0. The molecule has 0 aliphatic heterocycles. The van der Waals surface area contributed by atoms with Crippen LogP contribution in [0.5, 0.6) is 0 Å². The third-order valence-corrected chi connectivity index (χ3v) is 2.73. The molecule has 0 saturated heterocycles. The molecule has 0 amide bonds. The van der Waals surface area contributed by atoms with Gasteiger partial charge in [0, 0.05) is 17.0 Å². The van der Waals surface area contributed by atoms with E-state index in [0.717, 1.165) is 21.7 Å². The summed E-state index contributed by atoms with van der Waals surface area (Å²) in [5.41, 5.74) is 1.44. The van der Waals surface area contributed by atoms with Gasteiger partial charge in [-0.05, 0) is 17.5 Å². The predicted molar refractivity (Wildman–Crippen MR) is 64.0 cm³/mol. The van der Waals surface area contributed by atoms with Gasteiger partial charge in [-0.15, -0.1) is 0 Å². The van der Waals surface area contributed by atoms with Gasteiger partial charge in [0.2, 0.25) is 0 Å². The largest absolute Gasteiger partial charge is 0.255 e. The van der Waals surface area contributed by atoms with Gasteiger partial charge >= 0.3 is 0 Å². The van der Waals surface area contributed by atoms with Crippen molar-refractivity contribution in [1.82, 2.24) is 4.98 Å². The van der Waals surface area contributed by atoms with Crippen LogP contribution in [0, 0.1) is 11.3 Å². The molecular weight excluding hydrogens is 196 g/mol. The Kier molecular flexibility index (Phi) is 1.84. The van der Waals surface area contributed by atoms with Crippen molar-refractivity contribution in [3.8, 4) is 6.07 Å². The summed E-state index contributed by atoms with van der Waals surface area (Å²) in [4.78, 5) is 4.28. The summed E-state index contributed by atoms with van der Waals surface area (Å²) in [6, 6.07) is 16.1. The molecule has 0 aliphatic carbocycles. The average molecular weight is 204 g/mol. The van der Waals surface area contributed by atoms with Crippen molar-refractivity contribution in [2.24, 2.45) is 0 Å². The first-order chi connectivity index (χ1) is 7.90. The predicted octanol–water partition coefficient (Wildman–Crippen LogP) is 3.26. The maximum Gasteiger partial charge on any atom is 0.102 e. The van der Waals surface area contributed by atoms with Crippen LogP contribution in [0.25, 0.3) is 21.7 Å². The Bertz CT molecular complexity index is 669. The molecule has 1 aromatic heterocycles. The minimum atomic E-state index is 0.661. The summed E-state index contributed by atoms with van der Waals surface area (Å²) in [5, 5.41) is 12.3. The first-order valence-electron chi connectivity index (χ1n) is 5.07. The van der Waals surface area contributed by atoms with Crippen molar-refractivity contribution in [2.75, 3.05) is 0 Å². The summed E-state index contributed by atoms with van der Waals surface area (Å²) in [5.74, 6) is 0. The maximum atomic E-state index is 9.24. The molecule has 16 heavy (non-hydrogen) atoms. The van der Waals surface area contributed by atoms with Crippen LogP contribution in [0.3, 0.4) is 0 Å². The molecule has 1 heterocycles. The van der Waals surface area contributed by atoms with Crippen molar-refractivity contribution in [1.29, 1.82) is 5.26 Å². The molecular formula is C14H8N2. The van der Waals surface area contributed by atoms with Crippen LogP contribution in [0.15, 0.2) is 48.7 Å². The van der Waals surface area contributed by atoms with Crippen LogP contribution in [-0.4, -0.2) is 4.98 Å². The normalized spacial score (nSPS) is 10.4. The monoisotopic (exact) mass is 204 g/mol. The van der Waals surface area contributed by atoms with Crippen molar-refractivity contribution in [3.05, 3.63) is 54.2 Å². The lowest BCUT2D eigenvalue weighted by Crippen LogP contribution is -1.86. The molecule has 0 unspecified atom stereocenters. The van der Waals surface area contributed by atoms with E-state index in [1.807, 2.05) is 36.4 Å². The van der Waals surface area contributed by atoms with Crippen LogP contribution in [0.1, 0.15) is 5.56 Å². The smallest absolute Gasteiger partial charge is 0.102 e. The second kappa shape index (κ2) is 3.32. The van der Waals surface area contributed by atoms with Crippen LogP contribution in [-0.2, 0) is 0 Å². The van der Waals surface area contributed by atoms with Crippen molar-refractivity contribution >= 4 is 21.7 Å². The van der Waals surface area contributed by atoms with E-state index < -0.39 is 0 Å². The van der Waals surface area contributed by atoms with E-state index in [1.165, 1.54) is 0 Å². The van der Waals surface area contributed by atoms with E-state index in [9.17, 15) is 5.26 Å². The minimum absolute atomic E-state index is 0.661. The van der Waals surface area contributed by atoms with Gasteiger partial charge < -0.3 is 0 Å². The van der Waals surface area contributed by atoms with Crippen LogP contribution in [0.4, 0.5) is 0 Å². The molecule has 0 N–H and O–H groups in total. The molecule has 74 valence electrons. The lowest BCUT2D eigenvalue weighted by Gasteiger charge is -2.04. The highest BCUT2D eigenvalue weighted by Crippen LogP contribution is 2.25. The number of fused-ring (bicyclic) bond motifs is 2. The van der Waals surface area contributed by atoms with Crippen molar-refractivity contribution in [3.63, 3.8) is 0 Å². The zero-order chi connectivity index (χ0) is 11.0. The second-order valence-corrected chi connectivity index (χ2v) is 3.66. The number of hydrogen-bond donors (Lipinski definition) is 0. The highest BCUT2D eigenvalue weighted by atomic mass is 14.6. The SMILES string of the molecule is N#Cc1c2ccccc2cc2cccnc12. The number of hydrogen-bond acceptors (Lipinski definition) is 2. The first-order valence-corrected chi connectivity index (χ1v) is 5.07. The molecule has 0 spiro atoms. The molecule has 0 fully saturated rings. The van der Waals surface area contributed by atoms with Crippen LogP contribution < -0.4 is 0 Å². The zero-order valence-electron chi connectivity index (χ0n) is 8.51. The first kappa shape index (κ1) is 8.87. The number of rotatable bonds is 0. The second-order valence-electron chi connectivity index (χ2n) is 3.66. The van der Waals surface area contributed by atoms with Gasteiger partial charge in [-0.1, -0.05) is 30.3 Å². The molecule has 3 aromatic rings. The van der Waals surface area contributed by atoms with Gasteiger partial charge in [-0.3, -0.25) is 4.98 Å². The van der Waals surface area contributed by atoms with Gasteiger partial charge in [0.1, 0.15) is 6.07 Å². The summed E-state index contributed by atoms with van der Waals surface area (Å²) >= 11 is 0. The fourth-order valence-corrected chi connectivity index (χ4v) is 2.00. The summed E-state index contributed by atoms with van der Waals surface area (Å²) < 4.78 is 0. The van der Waals surface area contributed by atoms with Gasteiger partial charge in [0.15, 0.2) is 0 Å². The van der Waals surface area contributed by atoms with E-state index >= 15 is 0 Å². The molecule has 2 nitrogen and oxygen atoms in total. The zero-order valence-corrected chi connectivity index (χ0v) is 8.51. The highest BCUT2D eigenvalue weighted by molar-refractivity contribution is 6.02. The van der Waals surface area contributed by atoms with E-state index in [2.05, 4.69) is 17.1 Å². The van der Waals surface area contributed by atoms with Gasteiger partial charge in [-0.2, -0.15) is 5.26 Å².